The van der Waals surface area contributed by atoms with Gasteiger partial charge in [-0.25, -0.2) is 0 Å². The molecule has 0 aliphatic heterocycles. The van der Waals surface area contributed by atoms with Gasteiger partial charge in [-0.05, 0) is 50.3 Å². The van der Waals surface area contributed by atoms with E-state index >= 15 is 0 Å². The second-order valence-corrected chi connectivity index (χ2v) is 5.69. The van der Waals surface area contributed by atoms with Gasteiger partial charge in [0.05, 0.1) is 5.56 Å². The topological polar surface area (TPSA) is 45.7 Å². The zero-order valence-corrected chi connectivity index (χ0v) is 15.0. The average Bonchev–Trinajstić information content (AvgIpc) is 2.57. The van der Waals surface area contributed by atoms with Crippen molar-refractivity contribution < 1.29 is 17.9 Å². The number of halogens is 3. The molecule has 4 nitrogen and oxygen atoms in total. The molecule has 7 heteroatoms. The molecule has 0 fully saturated rings. The van der Waals surface area contributed by atoms with Crippen LogP contribution in [0.2, 0.25) is 0 Å². The van der Waals surface area contributed by atoms with E-state index in [0.29, 0.717) is 13.0 Å². The van der Waals surface area contributed by atoms with Crippen LogP contribution in [-0.4, -0.2) is 39.3 Å². The minimum Gasteiger partial charge on any atom is -0.385 e. The van der Waals surface area contributed by atoms with Gasteiger partial charge in [0.2, 0.25) is 0 Å². The lowest BCUT2D eigenvalue weighted by Gasteiger charge is -2.12. The first-order valence-electron chi connectivity index (χ1n) is 8.64. The Morgan fingerprint density at radius 3 is 2.40 bits per heavy atom. The van der Waals surface area contributed by atoms with E-state index in [9.17, 15) is 13.2 Å². The van der Waals surface area contributed by atoms with E-state index < -0.39 is 11.7 Å². The Balaban J connectivity index is 2.36. The van der Waals surface area contributed by atoms with Crippen LogP contribution in [0.25, 0.3) is 0 Å². The summed E-state index contributed by atoms with van der Waals surface area (Å²) in [7, 11) is 1.70. The molecule has 2 N–H and O–H groups in total. The number of guanidine groups is 1. The second kappa shape index (κ2) is 11.7. The van der Waals surface area contributed by atoms with Crippen LogP contribution in [0.1, 0.15) is 37.3 Å². The first kappa shape index (κ1) is 21.3. The lowest BCUT2D eigenvalue weighted by Crippen LogP contribution is -2.38. The number of rotatable bonds is 10. The molecule has 142 valence electrons. The highest BCUT2D eigenvalue weighted by Crippen LogP contribution is 2.29. The number of methoxy groups -OCH3 is 1. The van der Waals surface area contributed by atoms with Crippen LogP contribution in [0.15, 0.2) is 29.3 Å². The standard InChI is InChI=1S/C18H28F3N3O/c1-3-22-17(23-12-5-4-6-14-25-2)24-13-11-15-7-9-16(10-8-15)18(19,20)21/h7-10H,3-6,11-14H2,1-2H3,(H2,22,23,24). The van der Waals surface area contributed by atoms with E-state index in [1.165, 1.54) is 12.1 Å². The molecule has 0 aliphatic rings. The van der Waals surface area contributed by atoms with Crippen LogP contribution in [0.4, 0.5) is 13.2 Å². The van der Waals surface area contributed by atoms with Gasteiger partial charge < -0.3 is 15.4 Å². The molecule has 0 saturated carbocycles. The fourth-order valence-corrected chi connectivity index (χ4v) is 2.25. The van der Waals surface area contributed by atoms with E-state index in [2.05, 4.69) is 15.6 Å². The molecule has 0 spiro atoms. The highest BCUT2D eigenvalue weighted by Gasteiger charge is 2.29. The van der Waals surface area contributed by atoms with Gasteiger partial charge in [0.25, 0.3) is 0 Å². The maximum absolute atomic E-state index is 12.5. The van der Waals surface area contributed by atoms with Gasteiger partial charge >= 0.3 is 6.18 Å². The van der Waals surface area contributed by atoms with Crippen molar-refractivity contribution in [1.82, 2.24) is 10.6 Å². The maximum atomic E-state index is 12.5. The van der Waals surface area contributed by atoms with Gasteiger partial charge in [-0.3, -0.25) is 4.99 Å². The number of nitrogens with one attached hydrogen (secondary N) is 2. The fourth-order valence-electron chi connectivity index (χ4n) is 2.25. The van der Waals surface area contributed by atoms with Crippen LogP contribution in [0.5, 0.6) is 0 Å². The zero-order valence-electron chi connectivity index (χ0n) is 15.0. The first-order valence-corrected chi connectivity index (χ1v) is 8.64. The molecule has 0 heterocycles. The molecule has 1 rings (SSSR count). The molecule has 25 heavy (non-hydrogen) atoms. The van der Waals surface area contributed by atoms with Gasteiger partial charge in [-0.1, -0.05) is 12.1 Å². The predicted molar refractivity (Wildman–Crippen MR) is 94.9 cm³/mol. The third-order valence-corrected chi connectivity index (χ3v) is 3.61. The largest absolute Gasteiger partial charge is 0.416 e. The molecular formula is C18H28F3N3O. The van der Waals surface area contributed by atoms with Crippen molar-refractivity contribution in [3.63, 3.8) is 0 Å². The minimum atomic E-state index is -4.29. The molecule has 0 unspecified atom stereocenters. The number of nitrogens with zero attached hydrogens (tertiary/aromatic N) is 1. The second-order valence-electron chi connectivity index (χ2n) is 5.69. The molecule has 1 aromatic carbocycles. The van der Waals surface area contributed by atoms with Gasteiger partial charge in [-0.2, -0.15) is 13.2 Å². The number of hydrogen-bond donors (Lipinski definition) is 2. The Morgan fingerprint density at radius 2 is 1.80 bits per heavy atom. The van der Waals surface area contributed by atoms with Gasteiger partial charge in [-0.15, -0.1) is 0 Å². The molecule has 0 bridgehead atoms. The molecule has 0 aromatic heterocycles. The SMILES string of the molecule is CCNC(=NCCCCCOC)NCCc1ccc(C(F)(F)F)cc1. The van der Waals surface area contributed by atoms with Gasteiger partial charge in [0.15, 0.2) is 5.96 Å². The monoisotopic (exact) mass is 359 g/mol. The molecule has 0 saturated heterocycles. The molecule has 0 aliphatic carbocycles. The Hall–Kier alpha value is -1.76. The molecule has 1 aromatic rings. The number of aliphatic imine (C=N–C) groups is 1. The van der Waals surface area contributed by atoms with Crippen molar-refractivity contribution in [3.8, 4) is 0 Å². The molecule has 0 radical (unpaired) electrons. The summed E-state index contributed by atoms with van der Waals surface area (Å²) < 4.78 is 42.6. The van der Waals surface area contributed by atoms with Crippen LogP contribution >= 0.6 is 0 Å². The summed E-state index contributed by atoms with van der Waals surface area (Å²) in [5.41, 5.74) is 0.239. The quantitative estimate of drug-likeness (QED) is 0.381. The van der Waals surface area contributed by atoms with Gasteiger partial charge in [0.1, 0.15) is 0 Å². The lowest BCUT2D eigenvalue weighted by atomic mass is 10.1. The summed E-state index contributed by atoms with van der Waals surface area (Å²) in [5.74, 6) is 0.737. The number of unbranched alkanes of at least 4 members (excludes halogenated alkanes) is 2. The zero-order chi connectivity index (χ0) is 18.5. The smallest absolute Gasteiger partial charge is 0.385 e. The third kappa shape index (κ3) is 9.34. The van der Waals surface area contributed by atoms with E-state index in [-0.39, 0.29) is 0 Å². The van der Waals surface area contributed by atoms with E-state index in [0.717, 1.165) is 62.6 Å². The Morgan fingerprint density at radius 1 is 1.08 bits per heavy atom. The predicted octanol–water partition coefficient (Wildman–Crippen LogP) is 3.62. The number of alkyl halides is 3. The fraction of sp³-hybridized carbons (Fsp3) is 0.611. The summed E-state index contributed by atoms with van der Waals surface area (Å²) >= 11 is 0. The summed E-state index contributed by atoms with van der Waals surface area (Å²) in [4.78, 5) is 4.49. The minimum absolute atomic E-state index is 0.612. The van der Waals surface area contributed by atoms with Crippen molar-refractivity contribution in [1.29, 1.82) is 0 Å². The summed E-state index contributed by atoms with van der Waals surface area (Å²) in [6.07, 6.45) is -0.549. The van der Waals surface area contributed by atoms with Crippen molar-refractivity contribution in [3.05, 3.63) is 35.4 Å². The Bertz CT molecular complexity index is 501. The van der Waals surface area contributed by atoms with E-state index in [1.807, 2.05) is 6.92 Å². The summed E-state index contributed by atoms with van der Waals surface area (Å²) in [6, 6.07) is 5.28. The molecular weight excluding hydrogens is 331 g/mol. The van der Waals surface area contributed by atoms with Crippen LogP contribution in [-0.2, 0) is 17.3 Å². The van der Waals surface area contributed by atoms with Crippen LogP contribution in [0.3, 0.4) is 0 Å². The van der Waals surface area contributed by atoms with Crippen molar-refractivity contribution >= 4 is 5.96 Å². The normalized spacial score (nSPS) is 12.3. The lowest BCUT2D eigenvalue weighted by molar-refractivity contribution is -0.137. The number of ether oxygens (including phenoxy) is 1. The number of benzene rings is 1. The average molecular weight is 359 g/mol. The van der Waals surface area contributed by atoms with E-state index in [4.69, 9.17) is 4.74 Å². The summed E-state index contributed by atoms with van der Waals surface area (Å²) in [6.45, 7) is 4.87. The highest BCUT2D eigenvalue weighted by molar-refractivity contribution is 5.79. The maximum Gasteiger partial charge on any atom is 0.416 e. The van der Waals surface area contributed by atoms with Crippen molar-refractivity contribution in [2.75, 3.05) is 33.4 Å². The number of hydrogen-bond acceptors (Lipinski definition) is 2. The highest BCUT2D eigenvalue weighted by atomic mass is 19.4. The first-order chi connectivity index (χ1) is 12.0. The Kier molecular flexibility index (Phi) is 9.99. The van der Waals surface area contributed by atoms with Crippen LogP contribution < -0.4 is 10.6 Å². The van der Waals surface area contributed by atoms with Gasteiger partial charge in [0, 0.05) is 33.4 Å². The van der Waals surface area contributed by atoms with Crippen molar-refractivity contribution in [2.45, 2.75) is 38.8 Å². The third-order valence-electron chi connectivity index (χ3n) is 3.61. The van der Waals surface area contributed by atoms with Crippen LogP contribution in [0, 0.1) is 0 Å². The summed E-state index contributed by atoms with van der Waals surface area (Å²) in [5, 5.41) is 6.37. The van der Waals surface area contributed by atoms with Crippen molar-refractivity contribution in [2.24, 2.45) is 4.99 Å². The van der Waals surface area contributed by atoms with E-state index in [1.54, 1.807) is 7.11 Å². The molecule has 0 atom stereocenters. The molecule has 0 amide bonds. The Labute approximate surface area is 147 Å².